The number of aryl methyl sites for hydroxylation is 1. The molecule has 5 heteroatoms. The third kappa shape index (κ3) is 2.85. The van der Waals surface area contributed by atoms with E-state index in [2.05, 4.69) is 12.0 Å². The lowest BCUT2D eigenvalue weighted by Gasteiger charge is -2.10. The highest BCUT2D eigenvalue weighted by molar-refractivity contribution is 6.35. The number of aliphatic hydroxyl groups is 1. The average molecular weight is 313 g/mol. The summed E-state index contributed by atoms with van der Waals surface area (Å²) in [5.74, 6) is 0. The van der Waals surface area contributed by atoms with E-state index in [0.29, 0.717) is 16.6 Å². The topological polar surface area (TPSA) is 38.0 Å². The molecule has 0 amide bonds. The van der Waals surface area contributed by atoms with Gasteiger partial charge >= 0.3 is 0 Å². The normalized spacial score (nSPS) is 11.1. The molecule has 0 aliphatic carbocycles. The Kier molecular flexibility index (Phi) is 5.08. The Morgan fingerprint density at radius 3 is 2.25 bits per heavy atom. The molecule has 1 heterocycles. The molecule has 0 aliphatic heterocycles. The summed E-state index contributed by atoms with van der Waals surface area (Å²) in [6.45, 7) is 4.63. The number of benzene rings is 1. The molecule has 3 nitrogen and oxygen atoms in total. The number of rotatable bonds is 5. The van der Waals surface area contributed by atoms with Crippen LogP contribution in [0, 0.1) is 0 Å². The van der Waals surface area contributed by atoms with E-state index in [1.165, 1.54) is 0 Å². The number of hydrogen-bond acceptors (Lipinski definition) is 2. The standard InChI is InChI=1S/C15H18Cl2N2O/c1-3-14-11(9-20)15(4-2)19(18-14)8-10-12(16)6-5-7-13(10)17/h5-7,20H,3-4,8-9H2,1-2H3. The van der Waals surface area contributed by atoms with Crippen molar-refractivity contribution in [3.8, 4) is 0 Å². The quantitative estimate of drug-likeness (QED) is 0.910. The zero-order valence-electron chi connectivity index (χ0n) is 11.7. The van der Waals surface area contributed by atoms with Crippen molar-refractivity contribution in [3.63, 3.8) is 0 Å². The summed E-state index contributed by atoms with van der Waals surface area (Å²) in [6.07, 6.45) is 1.61. The molecule has 0 bridgehead atoms. The lowest BCUT2D eigenvalue weighted by Crippen LogP contribution is -2.07. The molecule has 0 saturated carbocycles. The van der Waals surface area contributed by atoms with Crippen LogP contribution in [0.2, 0.25) is 10.0 Å². The van der Waals surface area contributed by atoms with Crippen molar-refractivity contribution in [1.82, 2.24) is 9.78 Å². The number of aromatic nitrogens is 2. The van der Waals surface area contributed by atoms with Gasteiger partial charge in [-0.1, -0.05) is 43.1 Å². The summed E-state index contributed by atoms with van der Waals surface area (Å²) < 4.78 is 1.90. The molecular weight excluding hydrogens is 295 g/mol. The summed E-state index contributed by atoms with van der Waals surface area (Å²) in [7, 11) is 0. The molecule has 1 aromatic carbocycles. The molecule has 2 rings (SSSR count). The van der Waals surface area contributed by atoms with Crippen molar-refractivity contribution in [1.29, 1.82) is 0 Å². The van der Waals surface area contributed by atoms with Gasteiger partial charge in [0.2, 0.25) is 0 Å². The van der Waals surface area contributed by atoms with Gasteiger partial charge in [0, 0.05) is 26.9 Å². The second-order valence-electron chi connectivity index (χ2n) is 4.60. The SMILES string of the molecule is CCc1nn(Cc2c(Cl)cccc2Cl)c(CC)c1CO. The lowest BCUT2D eigenvalue weighted by molar-refractivity contribution is 0.279. The van der Waals surface area contributed by atoms with Crippen LogP contribution in [0.3, 0.4) is 0 Å². The Balaban J connectivity index is 2.46. The van der Waals surface area contributed by atoms with Crippen molar-refractivity contribution >= 4 is 23.2 Å². The fourth-order valence-electron chi connectivity index (χ4n) is 2.42. The Morgan fingerprint density at radius 2 is 1.75 bits per heavy atom. The molecule has 0 atom stereocenters. The maximum Gasteiger partial charge on any atom is 0.0718 e. The predicted molar refractivity (Wildman–Crippen MR) is 82.5 cm³/mol. The van der Waals surface area contributed by atoms with E-state index >= 15 is 0 Å². The summed E-state index contributed by atoms with van der Waals surface area (Å²) in [4.78, 5) is 0. The first-order chi connectivity index (χ1) is 9.62. The molecule has 20 heavy (non-hydrogen) atoms. The van der Waals surface area contributed by atoms with E-state index in [1.807, 2.05) is 29.8 Å². The van der Waals surface area contributed by atoms with Gasteiger partial charge in [-0.05, 0) is 25.0 Å². The minimum Gasteiger partial charge on any atom is -0.392 e. The van der Waals surface area contributed by atoms with Crippen molar-refractivity contribution in [2.45, 2.75) is 39.8 Å². The van der Waals surface area contributed by atoms with Crippen molar-refractivity contribution in [3.05, 3.63) is 50.8 Å². The van der Waals surface area contributed by atoms with E-state index in [1.54, 1.807) is 0 Å². The maximum atomic E-state index is 9.54. The van der Waals surface area contributed by atoms with Crippen LogP contribution in [-0.4, -0.2) is 14.9 Å². The molecule has 0 aliphatic rings. The summed E-state index contributed by atoms with van der Waals surface area (Å²) in [5, 5.41) is 15.4. The van der Waals surface area contributed by atoms with E-state index < -0.39 is 0 Å². The lowest BCUT2D eigenvalue weighted by atomic mass is 10.1. The van der Waals surface area contributed by atoms with Gasteiger partial charge in [-0.3, -0.25) is 4.68 Å². The Morgan fingerprint density at radius 1 is 1.10 bits per heavy atom. The van der Waals surface area contributed by atoms with Gasteiger partial charge in [0.1, 0.15) is 0 Å². The van der Waals surface area contributed by atoms with Gasteiger partial charge in [-0.2, -0.15) is 5.10 Å². The Hall–Kier alpha value is -1.03. The average Bonchev–Trinajstić information content (AvgIpc) is 2.79. The van der Waals surface area contributed by atoms with Gasteiger partial charge in [0.15, 0.2) is 0 Å². The summed E-state index contributed by atoms with van der Waals surface area (Å²) in [5.41, 5.74) is 3.77. The van der Waals surface area contributed by atoms with Crippen LogP contribution in [0.25, 0.3) is 0 Å². The molecule has 0 spiro atoms. The van der Waals surface area contributed by atoms with Crippen molar-refractivity contribution in [2.75, 3.05) is 0 Å². The van der Waals surface area contributed by atoms with Crippen LogP contribution in [0.15, 0.2) is 18.2 Å². The van der Waals surface area contributed by atoms with E-state index in [4.69, 9.17) is 23.2 Å². The van der Waals surface area contributed by atoms with Gasteiger partial charge in [-0.25, -0.2) is 0 Å². The third-order valence-electron chi connectivity index (χ3n) is 3.45. The smallest absolute Gasteiger partial charge is 0.0718 e. The number of hydrogen-bond donors (Lipinski definition) is 1. The first-order valence-corrected chi connectivity index (χ1v) is 7.49. The number of aliphatic hydroxyl groups excluding tert-OH is 1. The van der Waals surface area contributed by atoms with Gasteiger partial charge in [-0.15, -0.1) is 0 Å². The molecule has 2 aromatic rings. The third-order valence-corrected chi connectivity index (χ3v) is 4.16. The van der Waals surface area contributed by atoms with E-state index in [-0.39, 0.29) is 6.61 Å². The van der Waals surface area contributed by atoms with Crippen LogP contribution in [0.1, 0.15) is 36.4 Å². The largest absolute Gasteiger partial charge is 0.392 e. The van der Waals surface area contributed by atoms with Gasteiger partial charge in [0.25, 0.3) is 0 Å². The molecular formula is C15H18Cl2N2O. The maximum absolute atomic E-state index is 9.54. The zero-order valence-corrected chi connectivity index (χ0v) is 13.2. The van der Waals surface area contributed by atoms with Gasteiger partial charge < -0.3 is 5.11 Å². The highest BCUT2D eigenvalue weighted by atomic mass is 35.5. The molecule has 1 N–H and O–H groups in total. The monoisotopic (exact) mass is 312 g/mol. The molecule has 0 saturated heterocycles. The molecule has 1 aromatic heterocycles. The summed E-state index contributed by atoms with van der Waals surface area (Å²) in [6, 6.07) is 5.48. The highest BCUT2D eigenvalue weighted by Crippen LogP contribution is 2.26. The van der Waals surface area contributed by atoms with E-state index in [0.717, 1.165) is 35.4 Å². The fourth-order valence-corrected chi connectivity index (χ4v) is 2.93. The summed E-state index contributed by atoms with van der Waals surface area (Å²) >= 11 is 12.4. The van der Waals surface area contributed by atoms with E-state index in [9.17, 15) is 5.11 Å². The second kappa shape index (κ2) is 6.61. The minimum absolute atomic E-state index is 0.0165. The van der Waals surface area contributed by atoms with Crippen LogP contribution in [0.4, 0.5) is 0 Å². The van der Waals surface area contributed by atoms with Crippen molar-refractivity contribution in [2.24, 2.45) is 0 Å². The molecule has 0 unspecified atom stereocenters. The molecule has 0 fully saturated rings. The fraction of sp³-hybridized carbons (Fsp3) is 0.400. The van der Waals surface area contributed by atoms with Crippen LogP contribution >= 0.6 is 23.2 Å². The first kappa shape index (κ1) is 15.4. The predicted octanol–water partition coefficient (Wildman–Crippen LogP) is 3.86. The highest BCUT2D eigenvalue weighted by Gasteiger charge is 2.16. The number of halogens is 2. The Bertz CT molecular complexity index is 588. The van der Waals surface area contributed by atoms with Gasteiger partial charge in [0.05, 0.1) is 18.8 Å². The van der Waals surface area contributed by atoms with Crippen LogP contribution in [0.5, 0.6) is 0 Å². The first-order valence-electron chi connectivity index (χ1n) is 6.73. The second-order valence-corrected chi connectivity index (χ2v) is 5.41. The molecule has 0 radical (unpaired) electrons. The van der Waals surface area contributed by atoms with Crippen molar-refractivity contribution < 1.29 is 5.11 Å². The minimum atomic E-state index is 0.0165. The van der Waals surface area contributed by atoms with Crippen LogP contribution in [-0.2, 0) is 26.0 Å². The zero-order chi connectivity index (χ0) is 14.7. The van der Waals surface area contributed by atoms with Crippen LogP contribution < -0.4 is 0 Å². The Labute approximate surface area is 129 Å². The number of nitrogens with zero attached hydrogens (tertiary/aromatic N) is 2. The molecule has 108 valence electrons.